The molecule has 1 aromatic rings. The lowest BCUT2D eigenvalue weighted by atomic mass is 10.0. The summed E-state index contributed by atoms with van der Waals surface area (Å²) in [6, 6.07) is 1.64. The summed E-state index contributed by atoms with van der Waals surface area (Å²) in [5.41, 5.74) is 1.29. The molecule has 0 aromatic carbocycles. The molecule has 1 aromatic heterocycles. The third-order valence-electron chi connectivity index (χ3n) is 3.95. The highest BCUT2D eigenvalue weighted by Gasteiger charge is 2.31. The molecule has 2 fully saturated rings. The Hall–Kier alpha value is -0.870. The van der Waals surface area contributed by atoms with Crippen LogP contribution < -0.4 is 5.32 Å². The van der Waals surface area contributed by atoms with E-state index in [-0.39, 0.29) is 0 Å². The third-order valence-corrected chi connectivity index (χ3v) is 3.95. The van der Waals surface area contributed by atoms with Crippen LogP contribution in [0.3, 0.4) is 0 Å². The molecule has 1 N–H and O–H groups in total. The van der Waals surface area contributed by atoms with Crippen molar-refractivity contribution >= 4 is 0 Å². The van der Waals surface area contributed by atoms with E-state index in [1.807, 2.05) is 17.9 Å². The number of likely N-dealkylation sites (tertiary alicyclic amines) is 1. The molecule has 4 nitrogen and oxygen atoms in total. The van der Waals surface area contributed by atoms with E-state index in [1.54, 1.807) is 0 Å². The Morgan fingerprint density at radius 1 is 1.29 bits per heavy atom. The molecule has 17 heavy (non-hydrogen) atoms. The van der Waals surface area contributed by atoms with Crippen LogP contribution in [0.25, 0.3) is 0 Å². The van der Waals surface area contributed by atoms with Crippen LogP contribution in [-0.4, -0.2) is 39.9 Å². The second kappa shape index (κ2) is 4.78. The zero-order valence-electron chi connectivity index (χ0n) is 10.6. The molecule has 1 saturated heterocycles. The van der Waals surface area contributed by atoms with E-state index in [4.69, 9.17) is 0 Å². The molecular weight excluding hydrogens is 212 g/mol. The van der Waals surface area contributed by atoms with E-state index >= 15 is 0 Å². The fourth-order valence-electron chi connectivity index (χ4n) is 2.73. The molecule has 0 atom stereocenters. The quantitative estimate of drug-likeness (QED) is 0.848. The predicted octanol–water partition coefficient (Wildman–Crippen LogP) is 1.14. The number of hydrogen-bond acceptors (Lipinski definition) is 3. The van der Waals surface area contributed by atoms with Gasteiger partial charge in [0, 0.05) is 37.4 Å². The number of nitrogens with zero attached hydrogens (tertiary/aromatic N) is 3. The van der Waals surface area contributed by atoms with E-state index in [0.29, 0.717) is 6.04 Å². The molecule has 1 aliphatic carbocycles. The predicted molar refractivity (Wildman–Crippen MR) is 67.7 cm³/mol. The summed E-state index contributed by atoms with van der Waals surface area (Å²) in [4.78, 5) is 2.67. The van der Waals surface area contributed by atoms with Crippen LogP contribution in [0.5, 0.6) is 0 Å². The van der Waals surface area contributed by atoms with Crippen LogP contribution in [0.15, 0.2) is 12.4 Å². The smallest absolute Gasteiger partial charge is 0.0534 e. The largest absolute Gasteiger partial charge is 0.310 e. The maximum atomic E-state index is 4.19. The fraction of sp³-hybridized carbons (Fsp3) is 0.769. The summed E-state index contributed by atoms with van der Waals surface area (Å²) in [5, 5.41) is 7.84. The van der Waals surface area contributed by atoms with E-state index in [0.717, 1.165) is 12.6 Å². The van der Waals surface area contributed by atoms with Crippen molar-refractivity contribution in [2.45, 2.75) is 44.3 Å². The van der Waals surface area contributed by atoms with Crippen molar-refractivity contribution in [3.05, 3.63) is 18.0 Å². The van der Waals surface area contributed by atoms with Gasteiger partial charge in [-0.3, -0.25) is 4.68 Å². The van der Waals surface area contributed by atoms with E-state index in [2.05, 4.69) is 21.5 Å². The Morgan fingerprint density at radius 3 is 2.65 bits per heavy atom. The first-order chi connectivity index (χ1) is 8.31. The average Bonchev–Trinajstić information content (AvgIpc) is 3.11. The number of rotatable bonds is 4. The maximum Gasteiger partial charge on any atom is 0.0534 e. The summed E-state index contributed by atoms with van der Waals surface area (Å²) in [7, 11) is 1.97. The van der Waals surface area contributed by atoms with E-state index in [1.165, 1.54) is 44.3 Å². The lowest BCUT2D eigenvalue weighted by molar-refractivity contribution is 0.189. The first-order valence-electron chi connectivity index (χ1n) is 6.76. The van der Waals surface area contributed by atoms with Crippen molar-refractivity contribution in [3.8, 4) is 0 Å². The van der Waals surface area contributed by atoms with Crippen LogP contribution in [-0.2, 0) is 13.6 Å². The zero-order chi connectivity index (χ0) is 11.7. The Bertz CT molecular complexity index is 361. The van der Waals surface area contributed by atoms with Gasteiger partial charge in [-0.25, -0.2) is 0 Å². The van der Waals surface area contributed by atoms with Crippen LogP contribution in [0.4, 0.5) is 0 Å². The molecular formula is C13H22N4. The highest BCUT2D eigenvalue weighted by Crippen LogP contribution is 2.29. The molecule has 0 spiro atoms. The molecule has 2 heterocycles. The van der Waals surface area contributed by atoms with Crippen LogP contribution in [0, 0.1) is 0 Å². The van der Waals surface area contributed by atoms with Gasteiger partial charge in [0.25, 0.3) is 0 Å². The van der Waals surface area contributed by atoms with Gasteiger partial charge < -0.3 is 10.2 Å². The summed E-state index contributed by atoms with van der Waals surface area (Å²) >= 11 is 0. The molecule has 94 valence electrons. The topological polar surface area (TPSA) is 33.1 Å². The van der Waals surface area contributed by atoms with Crippen LogP contribution in [0.2, 0.25) is 0 Å². The minimum absolute atomic E-state index is 0.699. The van der Waals surface area contributed by atoms with Crippen molar-refractivity contribution in [3.63, 3.8) is 0 Å². The number of hydrogen-bond donors (Lipinski definition) is 1. The zero-order valence-corrected chi connectivity index (χ0v) is 10.6. The van der Waals surface area contributed by atoms with Gasteiger partial charge in [-0.2, -0.15) is 5.10 Å². The van der Waals surface area contributed by atoms with E-state index in [9.17, 15) is 0 Å². The van der Waals surface area contributed by atoms with Gasteiger partial charge in [-0.15, -0.1) is 0 Å². The standard InChI is InChI=1S/C13H22N4/c1-16-10-11(9-15-16)8-14-12-4-6-17(7-5-12)13-2-3-13/h9-10,12-14H,2-8H2,1H3. The molecule has 0 radical (unpaired) electrons. The van der Waals surface area contributed by atoms with E-state index < -0.39 is 0 Å². The average molecular weight is 234 g/mol. The van der Waals surface area contributed by atoms with Crippen LogP contribution in [0.1, 0.15) is 31.2 Å². The highest BCUT2D eigenvalue weighted by molar-refractivity contribution is 5.03. The minimum Gasteiger partial charge on any atom is -0.310 e. The number of aromatic nitrogens is 2. The first kappa shape index (κ1) is 11.2. The van der Waals surface area contributed by atoms with Gasteiger partial charge in [0.05, 0.1) is 6.20 Å². The first-order valence-corrected chi connectivity index (χ1v) is 6.76. The number of nitrogens with one attached hydrogen (secondary N) is 1. The second-order valence-electron chi connectivity index (χ2n) is 5.44. The lowest BCUT2D eigenvalue weighted by Gasteiger charge is -2.32. The molecule has 1 saturated carbocycles. The Morgan fingerprint density at radius 2 is 2.06 bits per heavy atom. The van der Waals surface area contributed by atoms with Crippen molar-refractivity contribution < 1.29 is 0 Å². The Kier molecular flexibility index (Phi) is 3.16. The summed E-state index contributed by atoms with van der Waals surface area (Å²) < 4.78 is 1.87. The van der Waals surface area contributed by atoms with Gasteiger partial charge in [-0.05, 0) is 38.8 Å². The van der Waals surface area contributed by atoms with Crippen molar-refractivity contribution in [1.82, 2.24) is 20.0 Å². The van der Waals surface area contributed by atoms with Gasteiger partial charge in [0.2, 0.25) is 0 Å². The number of aryl methyl sites for hydroxylation is 1. The second-order valence-corrected chi connectivity index (χ2v) is 5.44. The van der Waals surface area contributed by atoms with Crippen molar-refractivity contribution in [2.75, 3.05) is 13.1 Å². The van der Waals surface area contributed by atoms with Gasteiger partial charge in [0.15, 0.2) is 0 Å². The Labute approximate surface area is 103 Å². The molecule has 0 bridgehead atoms. The maximum absolute atomic E-state index is 4.19. The monoisotopic (exact) mass is 234 g/mol. The normalized spacial score (nSPS) is 23.1. The summed E-state index contributed by atoms with van der Waals surface area (Å²) in [5.74, 6) is 0. The Balaban J connectivity index is 1.41. The fourth-order valence-corrected chi connectivity index (χ4v) is 2.73. The summed E-state index contributed by atoms with van der Waals surface area (Å²) in [6.07, 6.45) is 9.52. The van der Waals surface area contributed by atoms with Crippen molar-refractivity contribution in [1.29, 1.82) is 0 Å². The molecule has 4 heteroatoms. The number of piperidine rings is 1. The SMILES string of the molecule is Cn1cc(CNC2CCN(C3CC3)CC2)cn1. The van der Waals surface area contributed by atoms with Gasteiger partial charge in [-0.1, -0.05) is 0 Å². The van der Waals surface area contributed by atoms with Gasteiger partial charge >= 0.3 is 0 Å². The van der Waals surface area contributed by atoms with Gasteiger partial charge in [0.1, 0.15) is 0 Å². The third kappa shape index (κ3) is 2.87. The van der Waals surface area contributed by atoms with Crippen molar-refractivity contribution in [2.24, 2.45) is 7.05 Å². The summed E-state index contributed by atoms with van der Waals surface area (Å²) in [6.45, 7) is 3.53. The lowest BCUT2D eigenvalue weighted by Crippen LogP contribution is -2.43. The molecule has 3 rings (SSSR count). The minimum atomic E-state index is 0.699. The molecule has 1 aliphatic heterocycles. The van der Waals surface area contributed by atoms with Crippen LogP contribution >= 0.6 is 0 Å². The molecule has 0 unspecified atom stereocenters. The highest BCUT2D eigenvalue weighted by atomic mass is 15.2. The molecule has 2 aliphatic rings. The molecule has 0 amide bonds.